The summed E-state index contributed by atoms with van der Waals surface area (Å²) < 4.78 is 0. The molecular weight excluding hydrogens is 178 g/mol. The van der Waals surface area contributed by atoms with Gasteiger partial charge in [0.2, 0.25) is 0 Å². The molecule has 0 saturated carbocycles. The molecule has 1 rings (SSSR count). The largest absolute Gasteiger partial charge is 0.478 e. The summed E-state index contributed by atoms with van der Waals surface area (Å²) in [7, 11) is 0. The van der Waals surface area contributed by atoms with Crippen LogP contribution in [0.5, 0.6) is 0 Å². The summed E-state index contributed by atoms with van der Waals surface area (Å²) in [6, 6.07) is 0. The van der Waals surface area contributed by atoms with Crippen LogP contribution >= 0.6 is 11.6 Å². The van der Waals surface area contributed by atoms with Crippen molar-refractivity contribution in [3.8, 4) is 0 Å². The van der Waals surface area contributed by atoms with Crippen LogP contribution in [0.25, 0.3) is 0 Å². The smallest absolute Gasteiger partial charge is 0.337 e. The van der Waals surface area contributed by atoms with Crippen molar-refractivity contribution < 1.29 is 9.90 Å². The molecule has 1 N–H and O–H groups in total. The number of rotatable bonds is 1. The first-order valence-corrected chi connectivity index (χ1v) is 3.77. The van der Waals surface area contributed by atoms with Crippen molar-refractivity contribution in [2.24, 2.45) is 0 Å². The van der Waals surface area contributed by atoms with E-state index < -0.39 is 5.97 Å². The normalized spacial score (nSPS) is 9.92. The quantitative estimate of drug-likeness (QED) is 0.729. The predicted octanol–water partition coefficient (Wildman–Crippen LogP) is 2.05. The molecule has 0 atom stereocenters. The monoisotopic (exact) mass is 185 g/mol. The highest BCUT2D eigenvalue weighted by Gasteiger charge is 2.13. The Bertz CT molecular complexity index is 336. The highest BCUT2D eigenvalue weighted by atomic mass is 35.5. The summed E-state index contributed by atoms with van der Waals surface area (Å²) >= 11 is 5.75. The second kappa shape index (κ2) is 3.11. The molecule has 0 saturated heterocycles. The molecule has 0 fully saturated rings. The zero-order valence-corrected chi connectivity index (χ0v) is 7.51. The first-order chi connectivity index (χ1) is 5.54. The van der Waals surface area contributed by atoms with Crippen LogP contribution in [-0.2, 0) is 0 Å². The van der Waals surface area contributed by atoms with Crippen molar-refractivity contribution in [1.29, 1.82) is 0 Å². The molecule has 0 unspecified atom stereocenters. The van der Waals surface area contributed by atoms with Gasteiger partial charge in [0.15, 0.2) is 0 Å². The minimum atomic E-state index is -1.01. The molecule has 0 bridgehead atoms. The molecule has 1 aromatic rings. The molecule has 0 aromatic carbocycles. The Morgan fingerprint density at radius 2 is 2.17 bits per heavy atom. The fraction of sp³-hybridized carbons (Fsp3) is 0.250. The van der Waals surface area contributed by atoms with Crippen LogP contribution in [-0.4, -0.2) is 16.1 Å². The van der Waals surface area contributed by atoms with Gasteiger partial charge in [-0.2, -0.15) is 0 Å². The van der Waals surface area contributed by atoms with Crippen LogP contribution in [0.3, 0.4) is 0 Å². The standard InChI is InChI=1S/C8H8ClNO2/c1-4-3-10-5(2)7(9)6(4)8(11)12/h3H,1-2H3,(H,11,12). The zero-order chi connectivity index (χ0) is 9.30. The number of carbonyl (C=O) groups is 1. The summed E-state index contributed by atoms with van der Waals surface area (Å²) in [6.45, 7) is 3.34. The Morgan fingerprint density at radius 3 is 2.58 bits per heavy atom. The van der Waals surface area contributed by atoms with Crippen molar-refractivity contribution in [2.75, 3.05) is 0 Å². The number of carboxylic acid groups (broad SMARTS) is 1. The fourth-order valence-corrected chi connectivity index (χ4v) is 1.21. The van der Waals surface area contributed by atoms with Crippen LogP contribution in [0.15, 0.2) is 6.20 Å². The van der Waals surface area contributed by atoms with E-state index in [4.69, 9.17) is 16.7 Å². The first-order valence-electron chi connectivity index (χ1n) is 3.39. The molecule has 0 aliphatic rings. The Hall–Kier alpha value is -1.09. The molecule has 0 radical (unpaired) electrons. The van der Waals surface area contributed by atoms with E-state index in [2.05, 4.69) is 4.98 Å². The molecule has 0 aliphatic carbocycles. The van der Waals surface area contributed by atoms with E-state index in [1.165, 1.54) is 6.20 Å². The first kappa shape index (κ1) is 9.00. The number of hydrogen-bond acceptors (Lipinski definition) is 2. The highest BCUT2D eigenvalue weighted by molar-refractivity contribution is 6.34. The Balaban J connectivity index is 3.43. The number of halogens is 1. The predicted molar refractivity (Wildman–Crippen MR) is 45.7 cm³/mol. The Labute approximate surface area is 75.0 Å². The lowest BCUT2D eigenvalue weighted by Crippen LogP contribution is -2.03. The molecule has 0 aliphatic heterocycles. The van der Waals surface area contributed by atoms with Crippen LogP contribution in [0.4, 0.5) is 0 Å². The molecule has 3 nitrogen and oxygen atoms in total. The van der Waals surface area contributed by atoms with Gasteiger partial charge in [-0.3, -0.25) is 4.98 Å². The lowest BCUT2D eigenvalue weighted by atomic mass is 10.1. The topological polar surface area (TPSA) is 50.2 Å². The van der Waals surface area contributed by atoms with Gasteiger partial charge in [0.1, 0.15) is 0 Å². The minimum Gasteiger partial charge on any atom is -0.478 e. The van der Waals surface area contributed by atoms with Crippen molar-refractivity contribution in [1.82, 2.24) is 4.98 Å². The van der Waals surface area contributed by atoms with Gasteiger partial charge in [0.25, 0.3) is 0 Å². The van der Waals surface area contributed by atoms with E-state index in [1.807, 2.05) is 0 Å². The van der Waals surface area contributed by atoms with Crippen molar-refractivity contribution in [3.63, 3.8) is 0 Å². The van der Waals surface area contributed by atoms with E-state index in [1.54, 1.807) is 13.8 Å². The van der Waals surface area contributed by atoms with Crippen LogP contribution in [0.2, 0.25) is 5.02 Å². The number of pyridine rings is 1. The number of hydrogen-bond donors (Lipinski definition) is 1. The fourth-order valence-electron chi connectivity index (χ4n) is 0.931. The van der Waals surface area contributed by atoms with Gasteiger partial charge in [-0.25, -0.2) is 4.79 Å². The van der Waals surface area contributed by atoms with Gasteiger partial charge in [0, 0.05) is 6.20 Å². The Morgan fingerprint density at radius 1 is 1.58 bits per heavy atom. The highest BCUT2D eigenvalue weighted by Crippen LogP contribution is 2.21. The molecule has 12 heavy (non-hydrogen) atoms. The zero-order valence-electron chi connectivity index (χ0n) is 6.76. The molecule has 1 aromatic heterocycles. The maximum Gasteiger partial charge on any atom is 0.337 e. The van der Waals surface area contributed by atoms with Crippen LogP contribution in [0, 0.1) is 13.8 Å². The summed E-state index contributed by atoms with van der Waals surface area (Å²) in [6.07, 6.45) is 1.50. The number of aromatic nitrogens is 1. The number of carboxylic acids is 1. The van der Waals surface area contributed by atoms with E-state index in [0.29, 0.717) is 11.3 Å². The molecule has 1 heterocycles. The van der Waals surface area contributed by atoms with Gasteiger partial charge in [-0.1, -0.05) is 11.6 Å². The third kappa shape index (κ3) is 1.41. The summed E-state index contributed by atoms with van der Waals surface area (Å²) in [5, 5.41) is 8.98. The summed E-state index contributed by atoms with van der Waals surface area (Å²) in [5.41, 5.74) is 1.27. The molecule has 4 heteroatoms. The second-order valence-corrected chi connectivity index (χ2v) is 2.90. The lowest BCUT2D eigenvalue weighted by Gasteiger charge is -2.04. The second-order valence-electron chi connectivity index (χ2n) is 2.52. The van der Waals surface area contributed by atoms with E-state index in [9.17, 15) is 4.79 Å². The minimum absolute atomic E-state index is 0.143. The average Bonchev–Trinajstić information content (AvgIpc) is 1.97. The number of nitrogens with zero attached hydrogens (tertiary/aromatic N) is 1. The molecule has 0 amide bonds. The van der Waals surface area contributed by atoms with Gasteiger partial charge < -0.3 is 5.11 Å². The SMILES string of the molecule is Cc1cnc(C)c(Cl)c1C(=O)O. The van der Waals surface area contributed by atoms with Gasteiger partial charge in [0.05, 0.1) is 16.3 Å². The van der Waals surface area contributed by atoms with Gasteiger partial charge in [-0.15, -0.1) is 0 Å². The van der Waals surface area contributed by atoms with Gasteiger partial charge >= 0.3 is 5.97 Å². The molecular formula is C8H8ClNO2. The number of aryl methyl sites for hydroxylation is 2. The third-order valence-electron chi connectivity index (χ3n) is 1.60. The molecule has 64 valence electrons. The van der Waals surface area contributed by atoms with Crippen molar-refractivity contribution in [2.45, 2.75) is 13.8 Å². The average molecular weight is 186 g/mol. The molecule has 0 spiro atoms. The summed E-state index contributed by atoms with van der Waals surface area (Å²) in [5.74, 6) is -1.01. The van der Waals surface area contributed by atoms with E-state index >= 15 is 0 Å². The van der Waals surface area contributed by atoms with Crippen molar-refractivity contribution in [3.05, 3.63) is 28.0 Å². The lowest BCUT2D eigenvalue weighted by molar-refractivity contribution is 0.0696. The van der Waals surface area contributed by atoms with Crippen LogP contribution in [0.1, 0.15) is 21.6 Å². The van der Waals surface area contributed by atoms with E-state index in [-0.39, 0.29) is 10.6 Å². The summed E-state index contributed by atoms with van der Waals surface area (Å²) in [4.78, 5) is 14.6. The van der Waals surface area contributed by atoms with Crippen molar-refractivity contribution >= 4 is 17.6 Å². The maximum atomic E-state index is 10.7. The third-order valence-corrected chi connectivity index (χ3v) is 2.06. The van der Waals surface area contributed by atoms with Crippen LogP contribution < -0.4 is 0 Å². The maximum absolute atomic E-state index is 10.7. The van der Waals surface area contributed by atoms with Gasteiger partial charge in [-0.05, 0) is 19.4 Å². The van der Waals surface area contributed by atoms with E-state index in [0.717, 1.165) is 0 Å². The Kier molecular flexibility index (Phi) is 2.33. The number of aromatic carboxylic acids is 1.